The minimum Gasteiger partial charge on any atom is -0.390 e. The Labute approximate surface area is 182 Å². The minimum absolute atomic E-state index is 0.159. The van der Waals surface area contributed by atoms with Crippen molar-refractivity contribution in [1.29, 1.82) is 0 Å². The van der Waals surface area contributed by atoms with Gasteiger partial charge in [0.25, 0.3) is 0 Å². The summed E-state index contributed by atoms with van der Waals surface area (Å²) < 4.78 is 0. The molecular formula is C25H43N3O2. The topological polar surface area (TPSA) is 90.9 Å². The molecule has 5 nitrogen and oxygen atoms in total. The van der Waals surface area contributed by atoms with Crippen molar-refractivity contribution in [2.45, 2.75) is 95.2 Å². The van der Waals surface area contributed by atoms with Crippen LogP contribution in [0.1, 0.15) is 84.0 Å². The summed E-state index contributed by atoms with van der Waals surface area (Å²) >= 11 is 0. The molecule has 4 aliphatic carbocycles. The molecule has 0 spiro atoms. The normalized spacial score (nSPS) is 44.6. The highest BCUT2D eigenvalue weighted by Crippen LogP contribution is 2.56. The predicted octanol–water partition coefficient (Wildman–Crippen LogP) is 3.75. The molecule has 0 amide bonds. The molecule has 0 aromatic rings. The first-order valence-electron chi connectivity index (χ1n) is 12.4. The maximum Gasteiger partial charge on any atom is 0.188 e. The molecule has 0 saturated heterocycles. The van der Waals surface area contributed by atoms with Crippen molar-refractivity contribution >= 4 is 5.96 Å². The van der Waals surface area contributed by atoms with Gasteiger partial charge in [0.1, 0.15) is 0 Å². The second-order valence-corrected chi connectivity index (χ2v) is 10.9. The van der Waals surface area contributed by atoms with Crippen LogP contribution >= 0.6 is 0 Å². The van der Waals surface area contributed by atoms with E-state index in [4.69, 9.17) is 5.73 Å². The lowest BCUT2D eigenvalue weighted by Gasteiger charge is -2.41. The molecule has 0 aromatic carbocycles. The van der Waals surface area contributed by atoms with Gasteiger partial charge >= 0.3 is 0 Å². The Morgan fingerprint density at radius 2 is 1.93 bits per heavy atom. The van der Waals surface area contributed by atoms with Crippen molar-refractivity contribution in [2.24, 2.45) is 40.3 Å². The fraction of sp³-hybridized carbons (Fsp3) is 0.880. The number of nitrogens with one attached hydrogen (secondary N) is 1. The van der Waals surface area contributed by atoms with Crippen molar-refractivity contribution in [2.75, 3.05) is 13.6 Å². The van der Waals surface area contributed by atoms with E-state index in [1.807, 2.05) is 6.92 Å². The number of nitrogens with two attached hydrogens (primary N) is 1. The van der Waals surface area contributed by atoms with Crippen molar-refractivity contribution < 1.29 is 10.2 Å². The van der Waals surface area contributed by atoms with E-state index in [9.17, 15) is 10.2 Å². The summed E-state index contributed by atoms with van der Waals surface area (Å²) in [4.78, 5) is 3.96. The Morgan fingerprint density at radius 3 is 2.73 bits per heavy atom. The molecule has 0 aliphatic heterocycles. The van der Waals surface area contributed by atoms with Gasteiger partial charge in [0.2, 0.25) is 0 Å². The molecule has 5 heteroatoms. The van der Waals surface area contributed by atoms with Crippen LogP contribution in [0.4, 0.5) is 0 Å². The summed E-state index contributed by atoms with van der Waals surface area (Å²) in [6.07, 6.45) is 16.0. The van der Waals surface area contributed by atoms with Gasteiger partial charge < -0.3 is 21.3 Å². The third kappa shape index (κ3) is 4.29. The van der Waals surface area contributed by atoms with Crippen molar-refractivity contribution in [3.05, 3.63) is 11.6 Å². The lowest BCUT2D eigenvalue weighted by atomic mass is 9.65. The SMILES string of the molecule is CN=C(N)NCCC1(O)CCC2C1CC(C1=CCCC3CCCCC13)CCC2(C)O. The largest absolute Gasteiger partial charge is 0.390 e. The smallest absolute Gasteiger partial charge is 0.188 e. The van der Waals surface area contributed by atoms with Gasteiger partial charge in [-0.15, -0.1) is 0 Å². The van der Waals surface area contributed by atoms with Gasteiger partial charge in [-0.05, 0) is 101 Å². The molecule has 7 unspecified atom stereocenters. The number of fused-ring (bicyclic) bond motifs is 2. The van der Waals surface area contributed by atoms with Crippen molar-refractivity contribution in [1.82, 2.24) is 5.32 Å². The number of allylic oxidation sites excluding steroid dienone is 2. The number of rotatable bonds is 4. The summed E-state index contributed by atoms with van der Waals surface area (Å²) in [5, 5.41) is 26.2. The van der Waals surface area contributed by atoms with Gasteiger partial charge in [-0.2, -0.15) is 0 Å². The number of aliphatic hydroxyl groups is 2. The number of hydrogen-bond donors (Lipinski definition) is 4. The molecule has 0 bridgehead atoms. The molecule has 3 fully saturated rings. The van der Waals surface area contributed by atoms with Crippen LogP contribution in [0.3, 0.4) is 0 Å². The summed E-state index contributed by atoms with van der Waals surface area (Å²) in [5.41, 5.74) is 6.08. The third-order valence-corrected chi connectivity index (χ3v) is 9.23. The van der Waals surface area contributed by atoms with Gasteiger partial charge in [0.15, 0.2) is 5.96 Å². The molecule has 0 aromatic heterocycles. The highest BCUT2D eigenvalue weighted by atomic mass is 16.3. The maximum absolute atomic E-state index is 11.7. The third-order valence-electron chi connectivity index (χ3n) is 9.23. The Kier molecular flexibility index (Phi) is 6.51. The first-order valence-corrected chi connectivity index (χ1v) is 12.4. The first-order chi connectivity index (χ1) is 14.3. The van der Waals surface area contributed by atoms with Gasteiger partial charge in [-0.1, -0.05) is 24.5 Å². The average Bonchev–Trinajstić information content (AvgIpc) is 2.99. The Hall–Kier alpha value is -1.07. The van der Waals surface area contributed by atoms with E-state index in [0.29, 0.717) is 24.8 Å². The molecule has 7 atom stereocenters. The zero-order valence-corrected chi connectivity index (χ0v) is 19.1. The van der Waals surface area contributed by atoms with Crippen LogP contribution in [-0.2, 0) is 0 Å². The van der Waals surface area contributed by atoms with E-state index in [-0.39, 0.29) is 11.8 Å². The summed E-state index contributed by atoms with van der Waals surface area (Å²) in [6, 6.07) is 0. The van der Waals surface area contributed by atoms with Gasteiger partial charge in [0.05, 0.1) is 11.2 Å². The van der Waals surface area contributed by atoms with Crippen LogP contribution in [0.15, 0.2) is 16.6 Å². The summed E-state index contributed by atoms with van der Waals surface area (Å²) in [7, 11) is 1.67. The van der Waals surface area contributed by atoms with Gasteiger partial charge in [0, 0.05) is 13.6 Å². The lowest BCUT2D eigenvalue weighted by Crippen LogP contribution is -2.44. The summed E-state index contributed by atoms with van der Waals surface area (Å²) in [6.45, 7) is 2.65. The zero-order valence-electron chi connectivity index (χ0n) is 19.1. The van der Waals surface area contributed by atoms with Gasteiger partial charge in [-0.25, -0.2) is 0 Å². The quantitative estimate of drug-likeness (QED) is 0.319. The fourth-order valence-electron chi connectivity index (χ4n) is 7.55. The van der Waals surface area contributed by atoms with Crippen molar-refractivity contribution in [3.63, 3.8) is 0 Å². The Bertz CT molecular complexity index is 673. The minimum atomic E-state index is -0.723. The zero-order chi connectivity index (χ0) is 21.4. The second-order valence-electron chi connectivity index (χ2n) is 10.9. The Balaban J connectivity index is 1.54. The molecular weight excluding hydrogens is 374 g/mol. The number of nitrogens with zero attached hydrogens (tertiary/aromatic N) is 1. The number of aliphatic imine (C=N–C) groups is 1. The van der Waals surface area contributed by atoms with Crippen molar-refractivity contribution in [3.8, 4) is 0 Å². The van der Waals surface area contributed by atoms with E-state index in [1.165, 1.54) is 38.5 Å². The number of hydrogen-bond acceptors (Lipinski definition) is 3. The van der Waals surface area contributed by atoms with E-state index in [2.05, 4.69) is 16.4 Å². The lowest BCUT2D eigenvalue weighted by molar-refractivity contribution is -0.0643. The number of guanidine groups is 1. The van der Waals surface area contributed by atoms with E-state index >= 15 is 0 Å². The molecule has 4 rings (SSSR count). The highest BCUT2D eigenvalue weighted by molar-refractivity contribution is 5.77. The molecule has 4 aliphatic rings. The van der Waals surface area contributed by atoms with Crippen LogP contribution in [-0.4, -0.2) is 41.0 Å². The molecule has 0 radical (unpaired) electrons. The standard InChI is InChI=1S/C25H43N3O2/c1-24(29)12-10-18(20-9-5-7-17-6-3-4-8-19(17)20)16-22-21(24)11-13-25(22,30)14-15-28-23(26)27-2/h9,17-19,21-22,29-30H,3-8,10-16H2,1-2H3,(H3,26,27,28). The van der Waals surface area contributed by atoms with Crippen LogP contribution in [0.2, 0.25) is 0 Å². The van der Waals surface area contributed by atoms with E-state index in [1.54, 1.807) is 12.6 Å². The monoisotopic (exact) mass is 417 g/mol. The van der Waals surface area contributed by atoms with E-state index < -0.39 is 11.2 Å². The van der Waals surface area contributed by atoms with Gasteiger partial charge in [-0.3, -0.25) is 4.99 Å². The average molecular weight is 418 g/mol. The Morgan fingerprint density at radius 1 is 1.13 bits per heavy atom. The van der Waals surface area contributed by atoms with Crippen LogP contribution in [0.25, 0.3) is 0 Å². The predicted molar refractivity (Wildman–Crippen MR) is 122 cm³/mol. The molecule has 30 heavy (non-hydrogen) atoms. The highest BCUT2D eigenvalue weighted by Gasteiger charge is 2.55. The molecule has 3 saturated carbocycles. The van der Waals surface area contributed by atoms with Crippen LogP contribution in [0.5, 0.6) is 0 Å². The molecule has 5 N–H and O–H groups in total. The van der Waals surface area contributed by atoms with E-state index in [0.717, 1.165) is 43.9 Å². The first kappa shape index (κ1) is 22.1. The molecule has 0 heterocycles. The van der Waals surface area contributed by atoms with Crippen LogP contribution in [0, 0.1) is 29.6 Å². The molecule has 170 valence electrons. The fourth-order valence-corrected chi connectivity index (χ4v) is 7.55. The van der Waals surface area contributed by atoms with Crippen LogP contribution < -0.4 is 11.1 Å². The maximum atomic E-state index is 11.7. The second kappa shape index (κ2) is 8.82. The summed E-state index contributed by atoms with van der Waals surface area (Å²) in [5.74, 6) is 2.94.